The van der Waals surface area contributed by atoms with Crippen LogP contribution in [0.25, 0.3) is 17.1 Å². The molecule has 0 saturated heterocycles. The lowest BCUT2D eigenvalue weighted by Crippen LogP contribution is -2.15. The fourth-order valence-electron chi connectivity index (χ4n) is 3.04. The molecule has 4 aromatic rings. The van der Waals surface area contributed by atoms with Gasteiger partial charge in [0, 0.05) is 15.6 Å². The Morgan fingerprint density at radius 3 is 2.44 bits per heavy atom. The molecule has 0 spiro atoms. The van der Waals surface area contributed by atoms with Gasteiger partial charge >= 0.3 is 5.97 Å². The molecule has 0 N–H and O–H groups in total. The van der Waals surface area contributed by atoms with Gasteiger partial charge in [-0.1, -0.05) is 40.2 Å². The van der Waals surface area contributed by atoms with E-state index in [1.165, 1.54) is 16.8 Å². The topological polar surface area (TPSA) is 74.1 Å². The summed E-state index contributed by atoms with van der Waals surface area (Å²) in [5, 5.41) is 4.30. The van der Waals surface area contributed by atoms with Crippen LogP contribution in [0.1, 0.15) is 26.5 Å². The number of aromatic nitrogens is 3. The highest BCUT2D eigenvalue weighted by atomic mass is 79.9. The smallest absolute Gasteiger partial charge is 0.378 e. The number of nitrogens with zero attached hydrogens (tertiary/aromatic N) is 3. The van der Waals surface area contributed by atoms with Crippen molar-refractivity contribution in [2.45, 2.75) is 6.92 Å². The van der Waals surface area contributed by atoms with Gasteiger partial charge in [-0.15, -0.1) is 5.10 Å². The van der Waals surface area contributed by atoms with Crippen LogP contribution in [0.5, 0.6) is 0 Å². The van der Waals surface area contributed by atoms with Crippen LogP contribution in [0.3, 0.4) is 0 Å². The van der Waals surface area contributed by atoms with Gasteiger partial charge in [-0.25, -0.2) is 18.9 Å². The second-order valence-electron chi connectivity index (χ2n) is 7.02. The molecule has 0 saturated carbocycles. The predicted octanol–water partition coefficient (Wildman–Crippen LogP) is 5.18. The second kappa shape index (κ2) is 9.23. The van der Waals surface area contributed by atoms with Crippen LogP contribution in [-0.4, -0.2) is 33.1 Å². The number of hydrogen-bond acceptors (Lipinski definition) is 5. The number of carbonyl (C=O) groups excluding carboxylic acids is 2. The molecular formula is C24H17BrFN3O3. The summed E-state index contributed by atoms with van der Waals surface area (Å²) in [4.78, 5) is 29.2. The summed E-state index contributed by atoms with van der Waals surface area (Å²) < 4.78 is 20.9. The standard InChI is InChI=1S/C24H17BrFN3O3/c1-15-3-2-4-20(13-15)29-23(17-7-11-19(26)12-8-17)27-22(28-29)24(31)32-14-21(30)16-5-9-18(25)10-6-16/h2-13H,14H2,1H3. The zero-order valence-electron chi connectivity index (χ0n) is 17.0. The summed E-state index contributed by atoms with van der Waals surface area (Å²) in [7, 11) is 0. The van der Waals surface area contributed by atoms with Gasteiger partial charge in [-0.3, -0.25) is 4.79 Å². The number of Topliss-reactive ketones (excluding diaryl/α,β-unsaturated/α-hetero) is 1. The van der Waals surface area contributed by atoms with Crippen molar-refractivity contribution in [1.29, 1.82) is 0 Å². The maximum Gasteiger partial charge on any atom is 0.378 e. The molecule has 32 heavy (non-hydrogen) atoms. The van der Waals surface area contributed by atoms with Gasteiger partial charge in [0.25, 0.3) is 5.82 Å². The third-order valence-corrected chi connectivity index (χ3v) is 5.17. The van der Waals surface area contributed by atoms with Crippen LogP contribution in [0, 0.1) is 12.7 Å². The third kappa shape index (κ3) is 4.81. The van der Waals surface area contributed by atoms with Crippen LogP contribution >= 0.6 is 15.9 Å². The highest BCUT2D eigenvalue weighted by Crippen LogP contribution is 2.22. The molecule has 4 rings (SSSR count). The molecule has 0 aliphatic heterocycles. The van der Waals surface area contributed by atoms with E-state index in [1.807, 2.05) is 31.2 Å². The van der Waals surface area contributed by atoms with E-state index >= 15 is 0 Å². The first-order valence-electron chi connectivity index (χ1n) is 9.66. The molecule has 160 valence electrons. The van der Waals surface area contributed by atoms with Gasteiger partial charge in [0.15, 0.2) is 18.2 Å². The molecule has 1 heterocycles. The first kappa shape index (κ1) is 21.6. The summed E-state index contributed by atoms with van der Waals surface area (Å²) in [5.74, 6) is -1.41. The number of ketones is 1. The van der Waals surface area contributed by atoms with Gasteiger partial charge in [0.05, 0.1) is 5.69 Å². The maximum atomic E-state index is 13.4. The molecule has 0 aliphatic carbocycles. The molecule has 1 aromatic heterocycles. The van der Waals surface area contributed by atoms with Gasteiger partial charge in [-0.05, 0) is 61.0 Å². The molecule has 0 fully saturated rings. The van der Waals surface area contributed by atoms with Crippen molar-refractivity contribution in [3.8, 4) is 17.1 Å². The number of ether oxygens (including phenoxy) is 1. The largest absolute Gasteiger partial charge is 0.451 e. The fraction of sp³-hybridized carbons (Fsp3) is 0.0833. The Labute approximate surface area is 191 Å². The summed E-state index contributed by atoms with van der Waals surface area (Å²) >= 11 is 3.31. The number of aryl methyl sites for hydroxylation is 1. The van der Waals surface area contributed by atoms with Gasteiger partial charge in [0.2, 0.25) is 0 Å². The van der Waals surface area contributed by atoms with E-state index in [0.717, 1.165) is 10.0 Å². The van der Waals surface area contributed by atoms with Crippen molar-refractivity contribution in [2.24, 2.45) is 0 Å². The highest BCUT2D eigenvalue weighted by Gasteiger charge is 2.21. The Balaban J connectivity index is 1.61. The molecule has 0 bridgehead atoms. The lowest BCUT2D eigenvalue weighted by Gasteiger charge is -2.06. The van der Waals surface area contributed by atoms with E-state index in [9.17, 15) is 14.0 Å². The van der Waals surface area contributed by atoms with Crippen LogP contribution in [0.2, 0.25) is 0 Å². The predicted molar refractivity (Wildman–Crippen MR) is 120 cm³/mol. The molecule has 0 amide bonds. The Hall–Kier alpha value is -3.65. The Morgan fingerprint density at radius 2 is 1.75 bits per heavy atom. The molecule has 0 radical (unpaired) electrons. The zero-order valence-corrected chi connectivity index (χ0v) is 18.5. The van der Waals surface area contributed by atoms with Gasteiger partial charge < -0.3 is 4.74 Å². The summed E-state index contributed by atoms with van der Waals surface area (Å²) in [6.07, 6.45) is 0. The number of hydrogen-bond donors (Lipinski definition) is 0. The van der Waals surface area contributed by atoms with Crippen molar-refractivity contribution in [1.82, 2.24) is 14.8 Å². The van der Waals surface area contributed by atoms with Crippen LogP contribution in [0.4, 0.5) is 4.39 Å². The van der Waals surface area contributed by atoms with Crippen molar-refractivity contribution in [3.63, 3.8) is 0 Å². The van der Waals surface area contributed by atoms with Crippen molar-refractivity contribution in [3.05, 3.63) is 100 Å². The lowest BCUT2D eigenvalue weighted by molar-refractivity contribution is 0.0462. The quantitative estimate of drug-likeness (QED) is 0.273. The van der Waals surface area contributed by atoms with E-state index in [0.29, 0.717) is 22.6 Å². The number of carbonyl (C=O) groups is 2. The minimum atomic E-state index is -0.828. The molecule has 8 heteroatoms. The van der Waals surface area contributed by atoms with Gasteiger partial charge in [-0.2, -0.15) is 0 Å². The van der Waals surface area contributed by atoms with Crippen LogP contribution < -0.4 is 0 Å². The molecule has 0 aliphatic rings. The van der Waals surface area contributed by atoms with E-state index in [4.69, 9.17) is 4.74 Å². The van der Waals surface area contributed by atoms with Crippen LogP contribution in [-0.2, 0) is 4.74 Å². The van der Waals surface area contributed by atoms with E-state index in [1.54, 1.807) is 36.4 Å². The summed E-state index contributed by atoms with van der Waals surface area (Å²) in [6.45, 7) is 1.49. The average Bonchev–Trinajstić information content (AvgIpc) is 3.24. The first-order valence-corrected chi connectivity index (χ1v) is 10.5. The molecule has 0 atom stereocenters. The van der Waals surface area contributed by atoms with Crippen molar-refractivity contribution in [2.75, 3.05) is 6.61 Å². The van der Waals surface area contributed by atoms with Crippen molar-refractivity contribution < 1.29 is 18.7 Å². The Kier molecular flexibility index (Phi) is 6.23. The lowest BCUT2D eigenvalue weighted by atomic mass is 10.1. The average molecular weight is 494 g/mol. The fourth-order valence-corrected chi connectivity index (χ4v) is 3.30. The van der Waals surface area contributed by atoms with Gasteiger partial charge in [0.1, 0.15) is 5.82 Å². The molecule has 6 nitrogen and oxygen atoms in total. The second-order valence-corrected chi connectivity index (χ2v) is 7.94. The molecule has 3 aromatic carbocycles. The van der Waals surface area contributed by atoms with E-state index < -0.39 is 12.6 Å². The number of rotatable bonds is 6. The Bertz CT molecular complexity index is 1280. The third-order valence-electron chi connectivity index (χ3n) is 4.64. The summed E-state index contributed by atoms with van der Waals surface area (Å²) in [6, 6.07) is 19.9. The number of benzene rings is 3. The van der Waals surface area contributed by atoms with Crippen molar-refractivity contribution >= 4 is 27.7 Å². The maximum absolute atomic E-state index is 13.4. The first-order chi connectivity index (χ1) is 15.4. The zero-order chi connectivity index (χ0) is 22.7. The van der Waals surface area contributed by atoms with E-state index in [-0.39, 0.29) is 17.4 Å². The monoisotopic (exact) mass is 493 g/mol. The molecule has 0 unspecified atom stereocenters. The Morgan fingerprint density at radius 1 is 1.03 bits per heavy atom. The SMILES string of the molecule is Cc1cccc(-n2nc(C(=O)OCC(=O)c3ccc(Br)cc3)nc2-c2ccc(F)cc2)c1. The highest BCUT2D eigenvalue weighted by molar-refractivity contribution is 9.10. The van der Waals surface area contributed by atoms with E-state index in [2.05, 4.69) is 26.0 Å². The number of halogens is 2. The summed E-state index contributed by atoms with van der Waals surface area (Å²) in [5.41, 5.74) is 2.67. The molecular weight excluding hydrogens is 477 g/mol. The normalized spacial score (nSPS) is 10.7. The minimum absolute atomic E-state index is 0.200. The minimum Gasteiger partial charge on any atom is -0.451 e. The number of esters is 1. The van der Waals surface area contributed by atoms with Crippen LogP contribution in [0.15, 0.2) is 77.3 Å².